The van der Waals surface area contributed by atoms with E-state index in [1.807, 2.05) is 0 Å². The molecule has 2 aromatic rings. The molecule has 3 heteroatoms. The van der Waals surface area contributed by atoms with Crippen molar-refractivity contribution in [1.29, 1.82) is 0 Å². The van der Waals surface area contributed by atoms with Crippen molar-refractivity contribution in [1.82, 2.24) is 0 Å². The molecule has 4 rings (SSSR count). The van der Waals surface area contributed by atoms with E-state index in [1.165, 1.54) is 60.9 Å². The van der Waals surface area contributed by atoms with Gasteiger partial charge in [-0.05, 0) is 6.42 Å². The van der Waals surface area contributed by atoms with Crippen LogP contribution in [0.5, 0.6) is 0 Å². The van der Waals surface area contributed by atoms with Gasteiger partial charge < -0.3 is 24.8 Å². The Bertz CT molecular complexity index is 941. The van der Waals surface area contributed by atoms with Gasteiger partial charge in [-0.3, -0.25) is 6.08 Å². The Balaban J connectivity index is 0.000000281. The summed E-state index contributed by atoms with van der Waals surface area (Å²) in [5, 5.41) is 0. The van der Waals surface area contributed by atoms with Gasteiger partial charge in [0.1, 0.15) is 0 Å². The molecule has 0 fully saturated rings. The van der Waals surface area contributed by atoms with Gasteiger partial charge in [0.25, 0.3) is 0 Å². The van der Waals surface area contributed by atoms with Crippen molar-refractivity contribution in [3.05, 3.63) is 118 Å². The molecule has 2 aromatic carbocycles. The number of benzene rings is 2. The molecule has 0 amide bonds. The molecule has 0 N–H and O–H groups in total. The summed E-state index contributed by atoms with van der Waals surface area (Å²) in [6.45, 7) is 8.87. The van der Waals surface area contributed by atoms with Gasteiger partial charge in [0.15, 0.2) is 0 Å². The van der Waals surface area contributed by atoms with Gasteiger partial charge in [-0.25, -0.2) is 5.57 Å². The molecule has 0 radical (unpaired) electrons. The van der Waals surface area contributed by atoms with E-state index in [2.05, 4.69) is 113 Å². The van der Waals surface area contributed by atoms with Crippen molar-refractivity contribution in [3.63, 3.8) is 0 Å². The van der Waals surface area contributed by atoms with Crippen LogP contribution < -0.4 is 24.8 Å². The zero-order valence-corrected chi connectivity index (χ0v) is 21.9. The molecule has 1 unspecified atom stereocenters. The molecule has 30 heavy (non-hydrogen) atoms. The molecule has 1 atom stereocenters. The molecule has 0 spiro atoms. The van der Waals surface area contributed by atoms with Crippen molar-refractivity contribution >= 4 is 3.21 Å². The quantitative estimate of drug-likeness (QED) is 0.533. The average Bonchev–Trinajstić information content (AvgIpc) is 3.35. The van der Waals surface area contributed by atoms with Gasteiger partial charge in [0.2, 0.25) is 0 Å². The van der Waals surface area contributed by atoms with Crippen molar-refractivity contribution in [2.24, 2.45) is 5.41 Å². The standard InChI is InChI=1S/C14H17.C13H10.2ClH.Zr/c1-10-9-14(4,12(3)11(10)2)13-7-5-6-8-13;1-3-7-12(8-4-1)11-13-9-5-2-6-10-13;;;/h5-7H,8H2,1-4H3;1-10H;2*1H;/q-1;;;;+2/p-2. The van der Waals surface area contributed by atoms with Crippen LogP contribution in [-0.4, -0.2) is 3.21 Å². The normalized spacial score (nSPS) is 19.1. The molecule has 0 aromatic heterocycles. The number of hydrogen-bond donors (Lipinski definition) is 0. The van der Waals surface area contributed by atoms with Crippen LogP contribution in [0, 0.1) is 11.5 Å². The second kappa shape index (κ2) is 11.9. The Kier molecular flexibility index (Phi) is 10.7. The van der Waals surface area contributed by atoms with Crippen LogP contribution in [0.25, 0.3) is 0 Å². The Morgan fingerprint density at radius 2 is 1.37 bits per heavy atom. The van der Waals surface area contributed by atoms with Crippen molar-refractivity contribution < 1.29 is 49.0 Å². The van der Waals surface area contributed by atoms with E-state index in [0.717, 1.165) is 6.42 Å². The van der Waals surface area contributed by atoms with Crippen LogP contribution in [0.3, 0.4) is 0 Å². The third kappa shape index (κ3) is 5.91. The molecule has 0 saturated carbocycles. The van der Waals surface area contributed by atoms with E-state index in [4.69, 9.17) is 0 Å². The van der Waals surface area contributed by atoms with Crippen LogP contribution >= 0.6 is 0 Å². The van der Waals surface area contributed by atoms with Gasteiger partial charge >= 0.3 is 99.2 Å². The maximum absolute atomic E-state index is 3.61. The molecular formula is C27H27Cl2Zr-. The van der Waals surface area contributed by atoms with E-state index >= 15 is 0 Å². The first-order chi connectivity index (χ1) is 13.4. The predicted octanol–water partition coefficient (Wildman–Crippen LogP) is 0.789. The first kappa shape index (κ1) is 26.8. The predicted molar refractivity (Wildman–Crippen MR) is 117 cm³/mol. The summed E-state index contributed by atoms with van der Waals surface area (Å²) in [7, 11) is 0. The molecule has 0 heterocycles. The summed E-state index contributed by atoms with van der Waals surface area (Å²) in [5.74, 6) is 0. The molecule has 0 nitrogen and oxygen atoms in total. The number of hydrogen-bond acceptors (Lipinski definition) is 0. The Hall–Kier alpha value is -1.27. The van der Waals surface area contributed by atoms with Crippen molar-refractivity contribution in [2.45, 2.75) is 34.1 Å². The summed E-state index contributed by atoms with van der Waals surface area (Å²) in [5.41, 5.74) is 8.40. The second-order valence-corrected chi connectivity index (χ2v) is 8.79. The van der Waals surface area contributed by atoms with Crippen LogP contribution in [0.1, 0.15) is 45.2 Å². The summed E-state index contributed by atoms with van der Waals surface area (Å²) < 4.78 is 1.42. The average molecular weight is 514 g/mol. The Labute approximate surface area is 209 Å². The van der Waals surface area contributed by atoms with Crippen LogP contribution in [0.2, 0.25) is 0 Å². The van der Waals surface area contributed by atoms with Crippen molar-refractivity contribution in [2.75, 3.05) is 0 Å². The maximum atomic E-state index is 3.61. The molecular weight excluding hydrogens is 486 g/mol. The number of halogens is 2. The first-order valence-electron chi connectivity index (χ1n) is 9.79. The van der Waals surface area contributed by atoms with E-state index in [1.54, 1.807) is 0 Å². The third-order valence-corrected chi connectivity index (χ3v) is 7.27. The first-order valence-corrected chi connectivity index (χ1v) is 11.0. The zero-order chi connectivity index (χ0) is 20.1. The number of rotatable bonds is 3. The second-order valence-electron chi connectivity index (χ2n) is 7.56. The molecule has 0 saturated heterocycles. The van der Waals surface area contributed by atoms with Gasteiger partial charge in [-0.1, -0.05) is 50.0 Å². The number of allylic oxidation sites excluding steroid dienone is 8. The summed E-state index contributed by atoms with van der Waals surface area (Å²) in [4.78, 5) is 0. The van der Waals surface area contributed by atoms with Gasteiger partial charge in [0.05, 0.1) is 0 Å². The monoisotopic (exact) mass is 511 g/mol. The van der Waals surface area contributed by atoms with E-state index in [9.17, 15) is 0 Å². The third-order valence-electron chi connectivity index (χ3n) is 5.85. The topological polar surface area (TPSA) is 0 Å². The van der Waals surface area contributed by atoms with Crippen LogP contribution in [-0.2, 0) is 24.2 Å². The summed E-state index contributed by atoms with van der Waals surface area (Å²) >= 11 is 1.46. The molecule has 2 aliphatic rings. The van der Waals surface area contributed by atoms with Gasteiger partial charge in [-0.15, -0.1) is 6.92 Å². The molecule has 0 aliphatic heterocycles. The minimum absolute atomic E-state index is 0. The summed E-state index contributed by atoms with van der Waals surface area (Å²) in [6.07, 6.45) is 11.3. The zero-order valence-electron chi connectivity index (χ0n) is 18.0. The van der Waals surface area contributed by atoms with Gasteiger partial charge in [0, 0.05) is 0 Å². The van der Waals surface area contributed by atoms with Gasteiger partial charge in [-0.2, -0.15) is 11.1 Å². The van der Waals surface area contributed by atoms with E-state index in [0.29, 0.717) is 0 Å². The molecule has 0 bridgehead atoms. The Morgan fingerprint density at radius 1 is 0.867 bits per heavy atom. The molecule has 2 aliphatic carbocycles. The van der Waals surface area contributed by atoms with E-state index in [-0.39, 0.29) is 30.2 Å². The van der Waals surface area contributed by atoms with Crippen LogP contribution in [0.15, 0.2) is 101 Å². The fourth-order valence-corrected chi connectivity index (χ4v) is 4.55. The fourth-order valence-electron chi connectivity index (χ4n) is 3.73. The minimum atomic E-state index is 0. The van der Waals surface area contributed by atoms with E-state index < -0.39 is 0 Å². The van der Waals surface area contributed by atoms with Crippen molar-refractivity contribution in [3.8, 4) is 0 Å². The molecule has 154 valence electrons. The fraction of sp³-hybridized carbons (Fsp3) is 0.222. The SMILES string of the molecule is CC1=[C-]C(C)(C2=CC=CC2)C(C)=C1C.[Cl-].[Cl-].[Zr+2]=[C](c1ccccc1)c1ccccc1. The Morgan fingerprint density at radius 3 is 1.73 bits per heavy atom. The van der Waals surface area contributed by atoms with Crippen LogP contribution in [0.4, 0.5) is 0 Å². The summed E-state index contributed by atoms with van der Waals surface area (Å²) in [6, 6.07) is 21.1.